The smallest absolute Gasteiger partial charge is 0.256 e. The minimum atomic E-state index is 0.282. The third kappa shape index (κ3) is 2.68. The van der Waals surface area contributed by atoms with Gasteiger partial charge in [-0.2, -0.15) is 19.6 Å². The van der Waals surface area contributed by atoms with E-state index < -0.39 is 0 Å². The number of nitrogens with zero attached hydrogens (tertiary/aromatic N) is 4. The molecule has 9 heteroatoms. The van der Waals surface area contributed by atoms with Crippen molar-refractivity contribution in [2.24, 2.45) is 0 Å². The topological polar surface area (TPSA) is 52.3 Å². The highest BCUT2D eigenvalue weighted by molar-refractivity contribution is 9.10. The van der Waals surface area contributed by atoms with Crippen molar-refractivity contribution in [2.45, 2.75) is 6.92 Å². The van der Waals surface area contributed by atoms with Gasteiger partial charge in [-0.3, -0.25) is 0 Å². The molecule has 0 amide bonds. The van der Waals surface area contributed by atoms with Crippen LogP contribution in [-0.2, 0) is 0 Å². The average molecular weight is 408 g/mol. The van der Waals surface area contributed by atoms with Crippen LogP contribution in [0.25, 0.3) is 5.78 Å². The number of fused-ring (bicyclic) bond motifs is 1. The first-order valence-electron chi connectivity index (χ1n) is 5.65. The maximum atomic E-state index is 6.16. The van der Waals surface area contributed by atoms with Crippen LogP contribution in [-0.4, -0.2) is 19.6 Å². The Morgan fingerprint density at radius 2 is 1.95 bits per heavy atom. The predicted octanol–water partition coefficient (Wildman–Crippen LogP) is 4.95. The zero-order valence-corrected chi connectivity index (χ0v) is 14.3. The Balaban J connectivity index is 2.16. The quantitative estimate of drug-likeness (QED) is 0.445. The van der Waals surface area contributed by atoms with Gasteiger partial charge in [-0.05, 0) is 28.9 Å². The van der Waals surface area contributed by atoms with Gasteiger partial charge in [-0.15, -0.1) is 0 Å². The average Bonchev–Trinajstić information content (AvgIpc) is 2.88. The van der Waals surface area contributed by atoms with E-state index in [1.807, 2.05) is 0 Å². The van der Waals surface area contributed by atoms with Crippen molar-refractivity contribution < 1.29 is 4.74 Å². The Bertz CT molecular complexity index is 852. The molecule has 3 aromatic rings. The van der Waals surface area contributed by atoms with Gasteiger partial charge in [-0.1, -0.05) is 34.8 Å². The standard InChI is InChI=1S/C12H6BrCl3N4O/c1-5-10(16)19-12-17-4-18-20(12)11(5)21-9-3-7(14)6(13)2-8(9)15/h2-4H,1H3. The van der Waals surface area contributed by atoms with Crippen molar-refractivity contribution in [1.82, 2.24) is 19.6 Å². The van der Waals surface area contributed by atoms with Crippen LogP contribution in [0.4, 0.5) is 0 Å². The molecule has 3 rings (SSSR count). The van der Waals surface area contributed by atoms with Crippen molar-refractivity contribution >= 4 is 56.5 Å². The van der Waals surface area contributed by atoms with E-state index in [-0.39, 0.29) is 5.15 Å². The summed E-state index contributed by atoms with van der Waals surface area (Å²) in [6, 6.07) is 3.25. The predicted molar refractivity (Wildman–Crippen MR) is 84.8 cm³/mol. The molecule has 108 valence electrons. The van der Waals surface area contributed by atoms with Crippen molar-refractivity contribution in [3.8, 4) is 11.6 Å². The number of hydrogen-bond donors (Lipinski definition) is 0. The lowest BCUT2D eigenvalue weighted by atomic mass is 10.3. The molecule has 0 radical (unpaired) electrons. The number of ether oxygens (including phenoxy) is 1. The maximum Gasteiger partial charge on any atom is 0.256 e. The molecule has 0 unspecified atom stereocenters. The molecule has 0 fully saturated rings. The number of aromatic nitrogens is 4. The molecule has 5 nitrogen and oxygen atoms in total. The summed E-state index contributed by atoms with van der Waals surface area (Å²) in [5.74, 6) is 1.09. The van der Waals surface area contributed by atoms with Crippen LogP contribution in [0.2, 0.25) is 15.2 Å². The molecule has 0 bridgehead atoms. The van der Waals surface area contributed by atoms with E-state index in [0.717, 1.165) is 0 Å². The Kier molecular flexibility index (Phi) is 3.96. The Morgan fingerprint density at radius 3 is 2.71 bits per heavy atom. The van der Waals surface area contributed by atoms with Gasteiger partial charge in [0.25, 0.3) is 5.78 Å². The van der Waals surface area contributed by atoms with E-state index in [9.17, 15) is 0 Å². The van der Waals surface area contributed by atoms with E-state index in [1.54, 1.807) is 19.1 Å². The van der Waals surface area contributed by atoms with Gasteiger partial charge in [0.05, 0.1) is 10.0 Å². The van der Waals surface area contributed by atoms with Crippen LogP contribution in [0.15, 0.2) is 22.9 Å². The highest BCUT2D eigenvalue weighted by Gasteiger charge is 2.16. The van der Waals surface area contributed by atoms with E-state index >= 15 is 0 Å². The molecule has 0 N–H and O–H groups in total. The summed E-state index contributed by atoms with van der Waals surface area (Å²) in [4.78, 5) is 8.09. The van der Waals surface area contributed by atoms with Crippen LogP contribution in [0, 0.1) is 6.92 Å². The monoisotopic (exact) mass is 406 g/mol. The van der Waals surface area contributed by atoms with E-state index in [0.29, 0.717) is 37.5 Å². The first-order chi connectivity index (χ1) is 9.97. The van der Waals surface area contributed by atoms with Gasteiger partial charge in [0, 0.05) is 16.1 Å². The molecule has 2 aromatic heterocycles. The molecule has 0 saturated heterocycles. The van der Waals surface area contributed by atoms with Crippen molar-refractivity contribution in [3.63, 3.8) is 0 Å². The summed E-state index contributed by atoms with van der Waals surface area (Å²) in [6.07, 6.45) is 1.36. The first-order valence-corrected chi connectivity index (χ1v) is 7.58. The lowest BCUT2D eigenvalue weighted by molar-refractivity contribution is 0.442. The summed E-state index contributed by atoms with van der Waals surface area (Å²) >= 11 is 21.6. The molecule has 0 atom stereocenters. The lowest BCUT2D eigenvalue weighted by Crippen LogP contribution is -2.02. The summed E-state index contributed by atoms with van der Waals surface area (Å²) in [6.45, 7) is 1.76. The third-order valence-electron chi connectivity index (χ3n) is 2.73. The highest BCUT2D eigenvalue weighted by atomic mass is 79.9. The first kappa shape index (κ1) is 14.8. The fourth-order valence-corrected chi connectivity index (χ4v) is 2.67. The van der Waals surface area contributed by atoms with Crippen LogP contribution >= 0.6 is 50.7 Å². The van der Waals surface area contributed by atoms with Crippen LogP contribution in [0.5, 0.6) is 11.6 Å². The maximum absolute atomic E-state index is 6.16. The Hall–Kier alpha value is -1.08. The summed E-state index contributed by atoms with van der Waals surface area (Å²) in [5.41, 5.74) is 0.616. The summed E-state index contributed by atoms with van der Waals surface area (Å²) in [5, 5.41) is 5.21. The van der Waals surface area contributed by atoms with Crippen LogP contribution in [0.3, 0.4) is 0 Å². The zero-order chi connectivity index (χ0) is 15.1. The van der Waals surface area contributed by atoms with Crippen molar-refractivity contribution in [3.05, 3.63) is 43.7 Å². The van der Waals surface area contributed by atoms with Crippen molar-refractivity contribution in [2.75, 3.05) is 0 Å². The minimum Gasteiger partial charge on any atom is -0.437 e. The normalized spacial score (nSPS) is 11.1. The molecule has 0 spiro atoms. The molecule has 2 heterocycles. The number of benzene rings is 1. The molecular weight excluding hydrogens is 402 g/mol. The Labute approximate surface area is 142 Å². The van der Waals surface area contributed by atoms with Gasteiger partial charge < -0.3 is 4.74 Å². The second-order valence-electron chi connectivity index (χ2n) is 4.10. The fraction of sp³-hybridized carbons (Fsp3) is 0.0833. The van der Waals surface area contributed by atoms with Gasteiger partial charge in [-0.25, -0.2) is 0 Å². The third-order valence-corrected chi connectivity index (χ3v) is 4.59. The molecule has 0 aliphatic heterocycles. The molecule has 1 aromatic carbocycles. The van der Waals surface area contributed by atoms with Gasteiger partial charge in [0.1, 0.15) is 17.2 Å². The summed E-state index contributed by atoms with van der Waals surface area (Å²) < 4.78 is 7.94. The van der Waals surface area contributed by atoms with Gasteiger partial charge in [0.2, 0.25) is 5.88 Å². The van der Waals surface area contributed by atoms with E-state index in [2.05, 4.69) is 31.0 Å². The largest absolute Gasteiger partial charge is 0.437 e. The van der Waals surface area contributed by atoms with Gasteiger partial charge >= 0.3 is 0 Å². The second-order valence-corrected chi connectivity index (χ2v) is 6.13. The van der Waals surface area contributed by atoms with Crippen molar-refractivity contribution in [1.29, 1.82) is 0 Å². The lowest BCUT2D eigenvalue weighted by Gasteiger charge is -2.12. The molecule has 21 heavy (non-hydrogen) atoms. The number of hydrogen-bond acceptors (Lipinski definition) is 4. The van der Waals surface area contributed by atoms with E-state index in [1.165, 1.54) is 10.8 Å². The fourth-order valence-electron chi connectivity index (χ4n) is 1.68. The van der Waals surface area contributed by atoms with E-state index in [4.69, 9.17) is 39.5 Å². The number of rotatable bonds is 2. The molecular formula is C12H6BrCl3N4O. The molecule has 0 saturated carbocycles. The SMILES string of the molecule is Cc1c(Cl)nc2ncnn2c1Oc1cc(Cl)c(Br)cc1Cl. The van der Waals surface area contributed by atoms with Crippen LogP contribution < -0.4 is 4.74 Å². The summed E-state index contributed by atoms with van der Waals surface area (Å²) in [7, 11) is 0. The molecule has 0 aliphatic carbocycles. The molecule has 0 aliphatic rings. The Morgan fingerprint density at radius 1 is 1.19 bits per heavy atom. The highest BCUT2D eigenvalue weighted by Crippen LogP contribution is 2.37. The second kappa shape index (κ2) is 5.61. The van der Waals surface area contributed by atoms with Crippen LogP contribution in [0.1, 0.15) is 5.56 Å². The minimum absolute atomic E-state index is 0.282. The number of halogens is 4. The zero-order valence-electron chi connectivity index (χ0n) is 10.4. The van der Waals surface area contributed by atoms with Gasteiger partial charge in [0.15, 0.2) is 0 Å².